The summed E-state index contributed by atoms with van der Waals surface area (Å²) in [4.78, 5) is 41.4. The van der Waals surface area contributed by atoms with Crippen molar-refractivity contribution in [1.29, 1.82) is 0 Å². The van der Waals surface area contributed by atoms with Crippen LogP contribution in [0.2, 0.25) is 0 Å². The molecule has 0 saturated heterocycles. The fourth-order valence-electron chi connectivity index (χ4n) is 3.60. The van der Waals surface area contributed by atoms with E-state index in [0.717, 1.165) is 41.4 Å². The summed E-state index contributed by atoms with van der Waals surface area (Å²) in [6.07, 6.45) is 2.86. The van der Waals surface area contributed by atoms with Gasteiger partial charge in [-0.2, -0.15) is 5.10 Å². The maximum absolute atomic E-state index is 12.7. The first-order valence-electron chi connectivity index (χ1n) is 9.11. The molecule has 0 bridgehead atoms. The van der Waals surface area contributed by atoms with Crippen LogP contribution in [0.3, 0.4) is 0 Å². The van der Waals surface area contributed by atoms with E-state index in [0.29, 0.717) is 18.8 Å². The molecule has 0 spiro atoms. The maximum Gasteiger partial charge on any atom is 0.266 e. The number of carbonyl (C=O) groups excluding carboxylic acids is 1. The Hall–Kier alpha value is -2.42. The summed E-state index contributed by atoms with van der Waals surface area (Å²) in [5.74, 6) is 0.541. The van der Waals surface area contributed by atoms with E-state index in [2.05, 4.69) is 15.4 Å². The summed E-state index contributed by atoms with van der Waals surface area (Å²) < 4.78 is 3.04. The first kappa shape index (κ1) is 18.0. The first-order chi connectivity index (χ1) is 13.0. The molecule has 0 fully saturated rings. The van der Waals surface area contributed by atoms with Crippen molar-refractivity contribution in [2.24, 2.45) is 0 Å². The van der Waals surface area contributed by atoms with Crippen LogP contribution in [-0.4, -0.2) is 37.5 Å². The molecule has 1 aliphatic carbocycles. The smallest absolute Gasteiger partial charge is 0.266 e. The normalized spacial score (nSPS) is 17.6. The topological polar surface area (TPSA) is 98.9 Å². The van der Waals surface area contributed by atoms with Gasteiger partial charge in [-0.1, -0.05) is 11.8 Å². The highest BCUT2D eigenvalue weighted by Gasteiger charge is 2.30. The number of hydrogen-bond donors (Lipinski definition) is 1. The summed E-state index contributed by atoms with van der Waals surface area (Å²) in [7, 11) is 0. The van der Waals surface area contributed by atoms with Crippen LogP contribution in [0.25, 0.3) is 0 Å². The molecule has 142 valence electrons. The van der Waals surface area contributed by atoms with E-state index >= 15 is 0 Å². The summed E-state index contributed by atoms with van der Waals surface area (Å²) >= 11 is 1.54. The monoisotopic (exact) mass is 387 g/mol. The Labute approximate surface area is 160 Å². The van der Waals surface area contributed by atoms with Crippen molar-refractivity contribution in [2.75, 3.05) is 12.3 Å². The van der Waals surface area contributed by atoms with Crippen molar-refractivity contribution in [3.8, 4) is 0 Å². The highest BCUT2D eigenvalue weighted by molar-refractivity contribution is 7.99. The van der Waals surface area contributed by atoms with E-state index in [1.165, 1.54) is 22.5 Å². The molecule has 8 nitrogen and oxygen atoms in total. The van der Waals surface area contributed by atoms with E-state index in [1.54, 1.807) is 10.6 Å². The van der Waals surface area contributed by atoms with Crippen LogP contribution in [0.4, 0.5) is 0 Å². The quantitative estimate of drug-likeness (QED) is 0.748. The summed E-state index contributed by atoms with van der Waals surface area (Å²) in [5.41, 5.74) is 2.32. The average molecular weight is 387 g/mol. The number of thioether (sulfide) groups is 1. The summed E-state index contributed by atoms with van der Waals surface area (Å²) in [5, 5.41) is 7.70. The van der Waals surface area contributed by atoms with Crippen LogP contribution in [-0.2, 0) is 24.2 Å². The molecule has 1 atom stereocenters. The fourth-order valence-corrected chi connectivity index (χ4v) is 4.76. The molecule has 4 rings (SSSR count). The lowest BCUT2D eigenvalue weighted by molar-refractivity contribution is -0.121. The molecule has 27 heavy (non-hydrogen) atoms. The van der Waals surface area contributed by atoms with E-state index in [9.17, 15) is 14.4 Å². The Morgan fingerprint density at radius 3 is 3.04 bits per heavy atom. The van der Waals surface area contributed by atoms with Gasteiger partial charge in [-0.25, -0.2) is 9.67 Å². The molecule has 0 radical (unpaired) electrons. The van der Waals surface area contributed by atoms with Gasteiger partial charge < -0.3 is 5.32 Å². The lowest BCUT2D eigenvalue weighted by atomic mass is 10.2. The number of aryl methyl sites for hydroxylation is 2. The van der Waals surface area contributed by atoms with Gasteiger partial charge in [0.2, 0.25) is 5.91 Å². The van der Waals surface area contributed by atoms with Crippen LogP contribution in [0.15, 0.2) is 26.9 Å². The third kappa shape index (κ3) is 3.55. The first-order valence-corrected chi connectivity index (χ1v) is 10.1. The van der Waals surface area contributed by atoms with Gasteiger partial charge in [-0.3, -0.25) is 19.0 Å². The van der Waals surface area contributed by atoms with Gasteiger partial charge in [0.05, 0.1) is 24.0 Å². The van der Waals surface area contributed by atoms with Crippen molar-refractivity contribution in [3.05, 3.63) is 49.8 Å². The minimum absolute atomic E-state index is 0.0193. The number of nitrogens with zero attached hydrogens (tertiary/aromatic N) is 4. The lowest BCUT2D eigenvalue weighted by Crippen LogP contribution is -2.35. The molecule has 1 unspecified atom stereocenters. The molecule has 1 aliphatic heterocycles. The second-order valence-electron chi connectivity index (χ2n) is 6.90. The predicted octanol–water partition coefficient (Wildman–Crippen LogP) is 0.450. The van der Waals surface area contributed by atoms with Crippen molar-refractivity contribution in [2.45, 2.75) is 50.4 Å². The summed E-state index contributed by atoms with van der Waals surface area (Å²) in [6.45, 7) is 2.45. The van der Waals surface area contributed by atoms with Crippen LogP contribution < -0.4 is 16.4 Å². The highest BCUT2D eigenvalue weighted by Crippen LogP contribution is 2.33. The third-order valence-electron chi connectivity index (χ3n) is 4.94. The molecule has 2 aliphatic rings. The maximum atomic E-state index is 12.7. The van der Waals surface area contributed by atoms with Gasteiger partial charge in [-0.05, 0) is 32.3 Å². The lowest BCUT2D eigenvalue weighted by Gasteiger charge is -2.14. The minimum Gasteiger partial charge on any atom is -0.354 e. The Morgan fingerprint density at radius 1 is 1.33 bits per heavy atom. The minimum atomic E-state index is -0.192. The van der Waals surface area contributed by atoms with Crippen LogP contribution in [0, 0.1) is 6.92 Å². The standard InChI is InChI=1S/C18H21N5O3S/c1-11-5-6-16(25)22(21-11)8-7-19-15(24)9-12-10-27-18-20-14-4-2-3-13(14)17(26)23(12)18/h5-6,12H,2-4,7-10H2,1H3,(H,19,24). The van der Waals surface area contributed by atoms with Crippen molar-refractivity contribution in [3.63, 3.8) is 0 Å². The zero-order valence-electron chi connectivity index (χ0n) is 15.1. The van der Waals surface area contributed by atoms with Gasteiger partial charge in [0, 0.05) is 30.3 Å². The average Bonchev–Trinajstić information content (AvgIpc) is 3.26. The molecule has 2 aromatic heterocycles. The van der Waals surface area contributed by atoms with Gasteiger partial charge in [0.25, 0.3) is 11.1 Å². The molecule has 0 aromatic carbocycles. The van der Waals surface area contributed by atoms with E-state index in [1.807, 2.05) is 6.92 Å². The Balaban J connectivity index is 1.38. The fraction of sp³-hybridized carbons (Fsp3) is 0.500. The van der Waals surface area contributed by atoms with Crippen molar-refractivity contribution >= 4 is 17.7 Å². The number of nitrogens with one attached hydrogen (secondary N) is 1. The molecule has 1 amide bonds. The molecule has 9 heteroatoms. The second kappa shape index (κ2) is 7.30. The summed E-state index contributed by atoms with van der Waals surface area (Å²) in [6, 6.07) is 2.96. The highest BCUT2D eigenvalue weighted by atomic mass is 32.2. The van der Waals surface area contributed by atoms with E-state index in [-0.39, 0.29) is 29.5 Å². The molecule has 1 N–H and O–H groups in total. The predicted molar refractivity (Wildman–Crippen MR) is 101 cm³/mol. The van der Waals surface area contributed by atoms with Gasteiger partial charge in [0.15, 0.2) is 5.16 Å². The molecular weight excluding hydrogens is 366 g/mol. The number of rotatable bonds is 5. The molecular formula is C18H21N5O3S. The molecule has 2 aromatic rings. The Morgan fingerprint density at radius 2 is 2.19 bits per heavy atom. The number of carbonyl (C=O) groups is 1. The van der Waals surface area contributed by atoms with Crippen LogP contribution in [0.5, 0.6) is 0 Å². The van der Waals surface area contributed by atoms with E-state index < -0.39 is 0 Å². The third-order valence-corrected chi connectivity index (χ3v) is 6.04. The van der Waals surface area contributed by atoms with Crippen LogP contribution >= 0.6 is 11.8 Å². The Kier molecular flexibility index (Phi) is 4.86. The number of fused-ring (bicyclic) bond motifs is 2. The molecule has 0 saturated carbocycles. The Bertz CT molecular complexity index is 1010. The number of hydrogen-bond acceptors (Lipinski definition) is 6. The largest absolute Gasteiger partial charge is 0.354 e. The van der Waals surface area contributed by atoms with Crippen molar-refractivity contribution in [1.82, 2.24) is 24.6 Å². The molecule has 3 heterocycles. The SMILES string of the molecule is Cc1ccc(=O)n(CCNC(=O)CC2CSc3nc4c(c(=O)n32)CCC4)n1. The number of amides is 1. The number of aromatic nitrogens is 4. The van der Waals surface area contributed by atoms with Crippen molar-refractivity contribution < 1.29 is 4.79 Å². The van der Waals surface area contributed by atoms with Gasteiger partial charge in [-0.15, -0.1) is 0 Å². The van der Waals surface area contributed by atoms with Crippen LogP contribution in [0.1, 0.15) is 35.8 Å². The van der Waals surface area contributed by atoms with E-state index in [4.69, 9.17) is 0 Å². The second-order valence-corrected chi connectivity index (χ2v) is 7.89. The zero-order valence-corrected chi connectivity index (χ0v) is 15.9. The van der Waals surface area contributed by atoms with Gasteiger partial charge >= 0.3 is 0 Å². The zero-order chi connectivity index (χ0) is 19.0. The van der Waals surface area contributed by atoms with Gasteiger partial charge in [0.1, 0.15) is 0 Å².